The summed E-state index contributed by atoms with van der Waals surface area (Å²) in [6, 6.07) is 7.97. The van der Waals surface area contributed by atoms with Crippen LogP contribution in [0.2, 0.25) is 0 Å². The zero-order chi connectivity index (χ0) is 12.3. The molecular formula is C12H10N2O3. The van der Waals surface area contributed by atoms with E-state index in [4.69, 9.17) is 0 Å². The van der Waals surface area contributed by atoms with Gasteiger partial charge in [0.1, 0.15) is 5.75 Å². The maximum Gasteiger partial charge on any atom is 0.356 e. The molecule has 1 heterocycles. The quantitative estimate of drug-likeness (QED) is 0.794. The zero-order valence-corrected chi connectivity index (χ0v) is 9.12. The van der Waals surface area contributed by atoms with Gasteiger partial charge in [0.05, 0.1) is 7.11 Å². The minimum absolute atomic E-state index is 0.120. The van der Waals surface area contributed by atoms with Crippen LogP contribution in [-0.2, 0) is 4.74 Å². The molecule has 0 spiro atoms. The molecule has 0 aliphatic heterocycles. The minimum atomic E-state index is -0.520. The molecule has 17 heavy (non-hydrogen) atoms. The van der Waals surface area contributed by atoms with Crippen molar-refractivity contribution in [3.63, 3.8) is 0 Å². The SMILES string of the molecule is COC(=O)c1ccnc(-c2cccc(O)c2)n1. The third-order valence-electron chi connectivity index (χ3n) is 2.15. The maximum absolute atomic E-state index is 11.3. The summed E-state index contributed by atoms with van der Waals surface area (Å²) in [7, 11) is 1.29. The van der Waals surface area contributed by atoms with Crippen LogP contribution in [0.4, 0.5) is 0 Å². The summed E-state index contributed by atoms with van der Waals surface area (Å²) in [4.78, 5) is 19.4. The number of aromatic nitrogens is 2. The van der Waals surface area contributed by atoms with Crippen LogP contribution >= 0.6 is 0 Å². The first-order valence-corrected chi connectivity index (χ1v) is 4.91. The van der Waals surface area contributed by atoms with Gasteiger partial charge in [-0.2, -0.15) is 0 Å². The predicted octanol–water partition coefficient (Wildman–Crippen LogP) is 1.64. The molecule has 0 saturated heterocycles. The molecule has 0 radical (unpaired) electrons. The standard InChI is InChI=1S/C12H10N2O3/c1-17-12(16)10-5-6-13-11(14-10)8-3-2-4-9(15)7-8/h2-7,15H,1H3. The van der Waals surface area contributed by atoms with E-state index in [-0.39, 0.29) is 11.4 Å². The van der Waals surface area contributed by atoms with E-state index in [1.165, 1.54) is 25.4 Å². The van der Waals surface area contributed by atoms with E-state index in [0.29, 0.717) is 11.4 Å². The van der Waals surface area contributed by atoms with Crippen LogP contribution in [0.1, 0.15) is 10.5 Å². The van der Waals surface area contributed by atoms with Crippen LogP contribution in [0, 0.1) is 0 Å². The van der Waals surface area contributed by atoms with Crippen molar-refractivity contribution in [2.45, 2.75) is 0 Å². The molecule has 1 N–H and O–H groups in total. The number of aromatic hydroxyl groups is 1. The van der Waals surface area contributed by atoms with Crippen molar-refractivity contribution >= 4 is 5.97 Å². The third kappa shape index (κ3) is 2.39. The molecule has 0 bridgehead atoms. The van der Waals surface area contributed by atoms with Gasteiger partial charge in [-0.05, 0) is 18.2 Å². The minimum Gasteiger partial charge on any atom is -0.508 e. The summed E-state index contributed by atoms with van der Waals surface area (Å²) < 4.78 is 4.57. The van der Waals surface area contributed by atoms with E-state index in [2.05, 4.69) is 14.7 Å². The molecule has 0 atom stereocenters. The number of rotatable bonds is 2. The molecule has 2 rings (SSSR count). The van der Waals surface area contributed by atoms with E-state index < -0.39 is 5.97 Å². The number of phenolic OH excluding ortho intramolecular Hbond substituents is 1. The fraction of sp³-hybridized carbons (Fsp3) is 0.0833. The van der Waals surface area contributed by atoms with Crippen molar-refractivity contribution in [1.29, 1.82) is 0 Å². The second-order valence-electron chi connectivity index (χ2n) is 3.31. The van der Waals surface area contributed by atoms with Gasteiger partial charge in [0.15, 0.2) is 11.5 Å². The van der Waals surface area contributed by atoms with Crippen LogP contribution in [0.5, 0.6) is 5.75 Å². The van der Waals surface area contributed by atoms with E-state index in [9.17, 15) is 9.90 Å². The Morgan fingerprint density at radius 3 is 2.88 bits per heavy atom. The number of methoxy groups -OCH3 is 1. The Kier molecular flexibility index (Phi) is 3.00. The first kappa shape index (κ1) is 11.1. The lowest BCUT2D eigenvalue weighted by Crippen LogP contribution is -2.05. The van der Waals surface area contributed by atoms with Crippen LogP contribution in [0.15, 0.2) is 36.5 Å². The van der Waals surface area contributed by atoms with Gasteiger partial charge < -0.3 is 9.84 Å². The first-order valence-electron chi connectivity index (χ1n) is 4.91. The number of hydrogen-bond acceptors (Lipinski definition) is 5. The summed E-state index contributed by atoms with van der Waals surface area (Å²) in [5.41, 5.74) is 0.816. The van der Waals surface area contributed by atoms with Gasteiger partial charge in [0.25, 0.3) is 0 Å². The largest absolute Gasteiger partial charge is 0.508 e. The lowest BCUT2D eigenvalue weighted by molar-refractivity contribution is 0.0594. The molecular weight excluding hydrogens is 220 g/mol. The summed E-state index contributed by atoms with van der Waals surface area (Å²) in [6.45, 7) is 0. The molecule has 2 aromatic rings. The first-order chi connectivity index (χ1) is 8.20. The van der Waals surface area contributed by atoms with Gasteiger partial charge >= 0.3 is 5.97 Å². The molecule has 86 valence electrons. The lowest BCUT2D eigenvalue weighted by Gasteiger charge is -2.02. The van der Waals surface area contributed by atoms with Gasteiger partial charge in [0.2, 0.25) is 0 Å². The Bertz CT molecular complexity index is 555. The molecule has 5 nitrogen and oxygen atoms in total. The highest BCUT2D eigenvalue weighted by Crippen LogP contribution is 2.19. The zero-order valence-electron chi connectivity index (χ0n) is 9.12. The van der Waals surface area contributed by atoms with E-state index >= 15 is 0 Å². The monoisotopic (exact) mass is 230 g/mol. The Labute approximate surface area is 97.7 Å². The van der Waals surface area contributed by atoms with Gasteiger partial charge in [-0.1, -0.05) is 12.1 Å². The number of esters is 1. The van der Waals surface area contributed by atoms with Gasteiger partial charge in [-0.25, -0.2) is 14.8 Å². The number of phenols is 1. The molecule has 0 aliphatic carbocycles. The molecule has 1 aromatic carbocycles. The molecule has 0 fully saturated rings. The van der Waals surface area contributed by atoms with Crippen molar-refractivity contribution in [2.75, 3.05) is 7.11 Å². The third-order valence-corrected chi connectivity index (χ3v) is 2.15. The number of carbonyl (C=O) groups excluding carboxylic acids is 1. The average Bonchev–Trinajstić information content (AvgIpc) is 2.38. The van der Waals surface area contributed by atoms with Crippen molar-refractivity contribution in [1.82, 2.24) is 9.97 Å². The highest BCUT2D eigenvalue weighted by atomic mass is 16.5. The summed E-state index contributed by atoms with van der Waals surface area (Å²) in [6.07, 6.45) is 1.47. The van der Waals surface area contributed by atoms with E-state index in [1.807, 2.05) is 0 Å². The maximum atomic E-state index is 11.3. The van der Waals surface area contributed by atoms with Gasteiger partial charge in [-0.3, -0.25) is 0 Å². The Hall–Kier alpha value is -2.43. The lowest BCUT2D eigenvalue weighted by atomic mass is 10.2. The van der Waals surface area contributed by atoms with Crippen LogP contribution < -0.4 is 0 Å². The van der Waals surface area contributed by atoms with Crippen molar-refractivity contribution in [2.24, 2.45) is 0 Å². The highest BCUT2D eigenvalue weighted by molar-refractivity contribution is 5.87. The predicted molar refractivity (Wildman–Crippen MR) is 60.5 cm³/mol. The number of carbonyl (C=O) groups is 1. The average molecular weight is 230 g/mol. The number of hydrogen-bond donors (Lipinski definition) is 1. The fourth-order valence-electron chi connectivity index (χ4n) is 1.36. The summed E-state index contributed by atoms with van der Waals surface area (Å²) in [5.74, 6) is -0.0350. The van der Waals surface area contributed by atoms with Crippen molar-refractivity contribution < 1.29 is 14.6 Å². The Morgan fingerprint density at radius 2 is 2.18 bits per heavy atom. The summed E-state index contributed by atoms with van der Waals surface area (Å²) in [5, 5.41) is 9.35. The van der Waals surface area contributed by atoms with Crippen LogP contribution in [-0.4, -0.2) is 28.2 Å². The number of benzene rings is 1. The van der Waals surface area contributed by atoms with Crippen molar-refractivity contribution in [3.05, 3.63) is 42.2 Å². The topological polar surface area (TPSA) is 72.3 Å². The highest BCUT2D eigenvalue weighted by Gasteiger charge is 2.09. The summed E-state index contributed by atoms with van der Waals surface area (Å²) >= 11 is 0. The van der Waals surface area contributed by atoms with Crippen molar-refractivity contribution in [3.8, 4) is 17.1 Å². The normalized spacial score (nSPS) is 9.94. The molecule has 1 aromatic heterocycles. The van der Waals surface area contributed by atoms with Crippen LogP contribution in [0.3, 0.4) is 0 Å². The Morgan fingerprint density at radius 1 is 1.35 bits per heavy atom. The van der Waals surface area contributed by atoms with Gasteiger partial charge in [-0.15, -0.1) is 0 Å². The smallest absolute Gasteiger partial charge is 0.356 e. The molecule has 0 aliphatic rings. The molecule has 0 unspecified atom stereocenters. The second kappa shape index (κ2) is 4.61. The van der Waals surface area contributed by atoms with E-state index in [1.54, 1.807) is 18.2 Å². The van der Waals surface area contributed by atoms with Gasteiger partial charge in [0, 0.05) is 11.8 Å². The second-order valence-corrected chi connectivity index (χ2v) is 3.31. The van der Waals surface area contributed by atoms with E-state index in [0.717, 1.165) is 0 Å². The van der Waals surface area contributed by atoms with Crippen LogP contribution in [0.25, 0.3) is 11.4 Å². The number of ether oxygens (including phenoxy) is 1. The molecule has 0 amide bonds. The Balaban J connectivity index is 2.43. The fourth-order valence-corrected chi connectivity index (χ4v) is 1.36. The molecule has 5 heteroatoms. The molecule has 0 saturated carbocycles. The number of nitrogens with zero attached hydrogens (tertiary/aromatic N) is 2.